The highest BCUT2D eigenvalue weighted by Crippen LogP contribution is 2.18. The molecule has 3 aromatic carbocycles. The summed E-state index contributed by atoms with van der Waals surface area (Å²) in [6.07, 6.45) is 1.45. The molecule has 0 atom stereocenters. The van der Waals surface area contributed by atoms with Gasteiger partial charge in [0.05, 0.1) is 12.2 Å². The van der Waals surface area contributed by atoms with Crippen molar-refractivity contribution < 1.29 is 23.5 Å². The Bertz CT molecular complexity index is 1200. The standard InChI is InChI=1S/C26H21FN2O4/c1-2-32-26(31)19-9-11-22(12-10-19)29-25(30)21(16-28)15-18-7-13-23(14-8-18)33-17-20-5-3-4-6-24(20)27/h3-15H,2,17H2,1H3,(H,29,30)/b21-15+. The van der Waals surface area contributed by atoms with Gasteiger partial charge in [0, 0.05) is 11.3 Å². The molecule has 0 aliphatic carbocycles. The summed E-state index contributed by atoms with van der Waals surface area (Å²) in [5.74, 6) is -0.840. The van der Waals surface area contributed by atoms with Crippen molar-refractivity contribution in [2.24, 2.45) is 0 Å². The minimum absolute atomic E-state index is 0.0860. The van der Waals surface area contributed by atoms with Crippen LogP contribution in [0, 0.1) is 17.1 Å². The molecule has 0 spiro atoms. The molecule has 7 heteroatoms. The normalized spacial score (nSPS) is 10.8. The second kappa shape index (κ2) is 11.3. The molecule has 33 heavy (non-hydrogen) atoms. The van der Waals surface area contributed by atoms with E-state index in [-0.39, 0.29) is 24.6 Å². The lowest BCUT2D eigenvalue weighted by atomic mass is 10.1. The van der Waals surface area contributed by atoms with Gasteiger partial charge in [0.15, 0.2) is 0 Å². The van der Waals surface area contributed by atoms with E-state index in [1.165, 1.54) is 24.3 Å². The van der Waals surface area contributed by atoms with Crippen molar-refractivity contribution in [3.05, 3.63) is 101 Å². The minimum atomic E-state index is -0.582. The molecule has 0 bridgehead atoms. The van der Waals surface area contributed by atoms with Gasteiger partial charge in [0.2, 0.25) is 0 Å². The molecule has 0 fully saturated rings. The number of ether oxygens (including phenoxy) is 2. The molecule has 1 N–H and O–H groups in total. The Morgan fingerprint density at radius 2 is 1.73 bits per heavy atom. The number of rotatable bonds is 8. The van der Waals surface area contributed by atoms with E-state index in [4.69, 9.17) is 9.47 Å². The monoisotopic (exact) mass is 444 g/mol. The molecule has 0 radical (unpaired) electrons. The summed E-state index contributed by atoms with van der Waals surface area (Å²) in [6, 6.07) is 21.2. The summed E-state index contributed by atoms with van der Waals surface area (Å²) < 4.78 is 24.2. The third-order valence-corrected chi connectivity index (χ3v) is 4.56. The highest BCUT2D eigenvalue weighted by Gasteiger charge is 2.11. The van der Waals surface area contributed by atoms with E-state index in [1.807, 2.05) is 6.07 Å². The molecule has 0 aliphatic heterocycles. The Kier molecular flexibility index (Phi) is 7.92. The molecular formula is C26H21FN2O4. The third-order valence-electron chi connectivity index (χ3n) is 4.56. The van der Waals surface area contributed by atoms with E-state index in [9.17, 15) is 19.2 Å². The van der Waals surface area contributed by atoms with E-state index in [2.05, 4.69) is 5.32 Å². The number of hydrogen-bond donors (Lipinski definition) is 1. The van der Waals surface area contributed by atoms with E-state index >= 15 is 0 Å². The summed E-state index contributed by atoms with van der Waals surface area (Å²) in [5, 5.41) is 12.0. The second-order valence-electron chi connectivity index (χ2n) is 6.87. The van der Waals surface area contributed by atoms with Crippen molar-refractivity contribution in [1.82, 2.24) is 0 Å². The van der Waals surface area contributed by atoms with Crippen LogP contribution in [0.5, 0.6) is 5.75 Å². The van der Waals surface area contributed by atoms with Crippen molar-refractivity contribution in [1.29, 1.82) is 5.26 Å². The number of nitriles is 1. The molecule has 166 valence electrons. The third kappa shape index (κ3) is 6.52. The Hall–Kier alpha value is -4.44. The van der Waals surface area contributed by atoms with E-state index in [1.54, 1.807) is 61.5 Å². The molecule has 0 unspecified atom stereocenters. The maximum atomic E-state index is 13.7. The first-order valence-corrected chi connectivity index (χ1v) is 10.2. The average molecular weight is 444 g/mol. The van der Waals surface area contributed by atoms with Crippen LogP contribution in [0.25, 0.3) is 6.08 Å². The number of esters is 1. The molecule has 0 saturated heterocycles. The van der Waals surface area contributed by atoms with E-state index < -0.39 is 11.9 Å². The Balaban J connectivity index is 1.62. The summed E-state index contributed by atoms with van der Waals surface area (Å²) in [5.41, 5.74) is 1.77. The van der Waals surface area contributed by atoms with Crippen LogP contribution in [-0.4, -0.2) is 18.5 Å². The smallest absolute Gasteiger partial charge is 0.338 e. The number of nitrogens with zero attached hydrogens (tertiary/aromatic N) is 1. The van der Waals surface area contributed by atoms with Crippen LogP contribution >= 0.6 is 0 Å². The quantitative estimate of drug-likeness (QED) is 0.296. The molecule has 1 amide bonds. The lowest BCUT2D eigenvalue weighted by Gasteiger charge is -2.08. The first-order chi connectivity index (χ1) is 16.0. The van der Waals surface area contributed by atoms with Crippen molar-refractivity contribution in [3.63, 3.8) is 0 Å². The molecule has 3 rings (SSSR count). The number of nitrogens with one attached hydrogen (secondary N) is 1. The van der Waals surface area contributed by atoms with Crippen molar-refractivity contribution in [2.75, 3.05) is 11.9 Å². The van der Waals surface area contributed by atoms with Crippen LogP contribution in [0.1, 0.15) is 28.4 Å². The maximum Gasteiger partial charge on any atom is 0.338 e. The van der Waals surface area contributed by atoms with Gasteiger partial charge in [-0.3, -0.25) is 4.79 Å². The van der Waals surface area contributed by atoms with Gasteiger partial charge in [-0.25, -0.2) is 9.18 Å². The minimum Gasteiger partial charge on any atom is -0.489 e. The average Bonchev–Trinajstić information content (AvgIpc) is 2.83. The lowest BCUT2D eigenvalue weighted by molar-refractivity contribution is -0.112. The van der Waals surface area contributed by atoms with Gasteiger partial charge in [0.25, 0.3) is 5.91 Å². The molecule has 0 aromatic heterocycles. The maximum absolute atomic E-state index is 13.7. The zero-order chi connectivity index (χ0) is 23.6. The summed E-state index contributed by atoms with van der Waals surface area (Å²) in [4.78, 5) is 24.2. The predicted octanol–water partition coefficient (Wildman–Crippen LogP) is 5.13. The van der Waals surface area contributed by atoms with Gasteiger partial charge < -0.3 is 14.8 Å². The number of carbonyl (C=O) groups is 2. The number of benzene rings is 3. The molecule has 3 aromatic rings. The van der Waals surface area contributed by atoms with Crippen molar-refractivity contribution in [2.45, 2.75) is 13.5 Å². The number of halogens is 1. The Morgan fingerprint density at radius 3 is 2.36 bits per heavy atom. The SMILES string of the molecule is CCOC(=O)c1ccc(NC(=O)/C(C#N)=C/c2ccc(OCc3ccccc3F)cc2)cc1. The van der Waals surface area contributed by atoms with Crippen LogP contribution < -0.4 is 10.1 Å². The number of hydrogen-bond acceptors (Lipinski definition) is 5. The van der Waals surface area contributed by atoms with Crippen LogP contribution in [0.3, 0.4) is 0 Å². The van der Waals surface area contributed by atoms with Crippen molar-refractivity contribution in [3.8, 4) is 11.8 Å². The summed E-state index contributed by atoms with van der Waals surface area (Å²) >= 11 is 0. The fourth-order valence-corrected chi connectivity index (χ4v) is 2.85. The van der Waals surface area contributed by atoms with Gasteiger partial charge in [-0.2, -0.15) is 5.26 Å². The predicted molar refractivity (Wildman–Crippen MR) is 122 cm³/mol. The fourth-order valence-electron chi connectivity index (χ4n) is 2.85. The van der Waals surface area contributed by atoms with Crippen LogP contribution in [0.4, 0.5) is 10.1 Å². The molecule has 0 aliphatic rings. The van der Waals surface area contributed by atoms with Gasteiger partial charge in [-0.15, -0.1) is 0 Å². The molecule has 0 saturated carbocycles. The van der Waals surface area contributed by atoms with E-state index in [0.717, 1.165) is 0 Å². The zero-order valence-corrected chi connectivity index (χ0v) is 17.9. The number of carbonyl (C=O) groups excluding carboxylic acids is 2. The van der Waals surface area contributed by atoms with Crippen LogP contribution in [-0.2, 0) is 16.1 Å². The highest BCUT2D eigenvalue weighted by molar-refractivity contribution is 6.09. The first-order valence-electron chi connectivity index (χ1n) is 10.2. The fraction of sp³-hybridized carbons (Fsp3) is 0.115. The number of amides is 1. The summed E-state index contributed by atoms with van der Waals surface area (Å²) in [6.45, 7) is 2.07. The topological polar surface area (TPSA) is 88.4 Å². The van der Waals surface area contributed by atoms with Crippen LogP contribution in [0.15, 0.2) is 78.4 Å². The van der Waals surface area contributed by atoms with Gasteiger partial charge in [-0.05, 0) is 61.0 Å². The summed E-state index contributed by atoms with van der Waals surface area (Å²) in [7, 11) is 0. The number of anilines is 1. The second-order valence-corrected chi connectivity index (χ2v) is 6.87. The molecular weight excluding hydrogens is 423 g/mol. The van der Waals surface area contributed by atoms with Crippen LogP contribution in [0.2, 0.25) is 0 Å². The highest BCUT2D eigenvalue weighted by atomic mass is 19.1. The van der Waals surface area contributed by atoms with Crippen molar-refractivity contribution >= 4 is 23.6 Å². The van der Waals surface area contributed by atoms with E-state index in [0.29, 0.717) is 28.1 Å². The molecule has 6 nitrogen and oxygen atoms in total. The Labute approximate surface area is 190 Å². The zero-order valence-electron chi connectivity index (χ0n) is 17.9. The van der Waals surface area contributed by atoms with Gasteiger partial charge in [-0.1, -0.05) is 30.3 Å². The lowest BCUT2D eigenvalue weighted by Crippen LogP contribution is -2.13. The van der Waals surface area contributed by atoms with Gasteiger partial charge in [0.1, 0.15) is 29.8 Å². The first kappa shape index (κ1) is 23.2. The molecule has 0 heterocycles. The Morgan fingerprint density at radius 1 is 1.03 bits per heavy atom. The largest absolute Gasteiger partial charge is 0.489 e. The van der Waals surface area contributed by atoms with Gasteiger partial charge >= 0.3 is 5.97 Å².